The number of hydrogen-bond acceptors (Lipinski definition) is 3. The van der Waals surface area contributed by atoms with Crippen LogP contribution in [0.5, 0.6) is 0 Å². The van der Waals surface area contributed by atoms with Crippen LogP contribution in [0.15, 0.2) is 82.6 Å². The molecule has 3 aromatic rings. The van der Waals surface area contributed by atoms with Crippen LogP contribution in [0.2, 0.25) is 0 Å². The van der Waals surface area contributed by atoms with E-state index in [1.807, 2.05) is 49.4 Å². The Morgan fingerprint density at radius 2 is 1.56 bits per heavy atom. The van der Waals surface area contributed by atoms with Crippen molar-refractivity contribution in [2.75, 3.05) is 5.32 Å². The number of hydrogen-bond donors (Lipinski definition) is 2. The molecule has 0 aliphatic carbocycles. The van der Waals surface area contributed by atoms with E-state index in [1.165, 1.54) is 36.6 Å². The molecule has 0 spiro atoms. The lowest BCUT2D eigenvalue weighted by atomic mass is 9.97. The summed E-state index contributed by atoms with van der Waals surface area (Å²) in [7, 11) is 0. The molecule has 166 valence electrons. The lowest BCUT2D eigenvalue weighted by Gasteiger charge is -2.16. The molecule has 0 saturated carbocycles. The molecule has 3 aromatic carbocycles. The number of nitrogens with one attached hydrogen (secondary N) is 1. The van der Waals surface area contributed by atoms with Crippen molar-refractivity contribution in [3.63, 3.8) is 0 Å². The van der Waals surface area contributed by atoms with Gasteiger partial charge in [0.25, 0.3) is 0 Å². The fourth-order valence-electron chi connectivity index (χ4n) is 3.45. The van der Waals surface area contributed by atoms with E-state index in [0.29, 0.717) is 10.6 Å². The Balaban J connectivity index is 1.71. The molecule has 0 aromatic heterocycles. The molecule has 0 heterocycles. The first-order chi connectivity index (χ1) is 15.5. The van der Waals surface area contributed by atoms with Crippen LogP contribution < -0.4 is 5.32 Å². The maximum absolute atomic E-state index is 13.0. The highest BCUT2D eigenvalue weighted by Gasteiger charge is 2.18. The van der Waals surface area contributed by atoms with Gasteiger partial charge in [0.15, 0.2) is 0 Å². The van der Waals surface area contributed by atoms with E-state index in [2.05, 4.69) is 24.4 Å². The molecule has 0 aliphatic rings. The van der Waals surface area contributed by atoms with Crippen molar-refractivity contribution in [3.05, 3.63) is 89.5 Å². The number of aromatic carboxylic acids is 1. The summed E-state index contributed by atoms with van der Waals surface area (Å²) >= 11 is 1.33. The highest BCUT2D eigenvalue weighted by molar-refractivity contribution is 7.99. The molecular weight excluding hydrogens is 418 g/mol. The van der Waals surface area contributed by atoms with E-state index in [0.717, 1.165) is 16.9 Å². The van der Waals surface area contributed by atoms with Crippen LogP contribution in [-0.4, -0.2) is 17.0 Å². The van der Waals surface area contributed by atoms with E-state index in [1.54, 1.807) is 18.2 Å². The lowest BCUT2D eigenvalue weighted by Crippen LogP contribution is -2.19. The Morgan fingerprint density at radius 3 is 2.25 bits per heavy atom. The van der Waals surface area contributed by atoms with Gasteiger partial charge in [0, 0.05) is 9.79 Å². The van der Waals surface area contributed by atoms with Gasteiger partial charge in [-0.2, -0.15) is 0 Å². The molecule has 0 fully saturated rings. The number of carbonyl (C=O) groups is 2. The lowest BCUT2D eigenvalue weighted by molar-refractivity contribution is -0.117. The SMILES string of the molecule is CCCCCc1ccc(C(C)C(=O)Nc2ccccc2Sc2ccccc2C(=O)O)cc1. The Hall–Kier alpha value is -3.05. The first-order valence-corrected chi connectivity index (χ1v) is 11.8. The third-order valence-corrected chi connectivity index (χ3v) is 6.58. The van der Waals surface area contributed by atoms with Gasteiger partial charge < -0.3 is 10.4 Å². The average molecular weight is 448 g/mol. The second-order valence-electron chi connectivity index (χ2n) is 7.81. The summed E-state index contributed by atoms with van der Waals surface area (Å²) in [6.45, 7) is 4.10. The molecule has 32 heavy (non-hydrogen) atoms. The highest BCUT2D eigenvalue weighted by Crippen LogP contribution is 2.35. The van der Waals surface area contributed by atoms with Crippen LogP contribution in [0.25, 0.3) is 0 Å². The minimum Gasteiger partial charge on any atom is -0.478 e. The number of carbonyl (C=O) groups excluding carboxylic acids is 1. The minimum atomic E-state index is -0.971. The minimum absolute atomic E-state index is 0.0942. The maximum Gasteiger partial charge on any atom is 0.336 e. The highest BCUT2D eigenvalue weighted by atomic mass is 32.2. The molecule has 0 aliphatic heterocycles. The topological polar surface area (TPSA) is 66.4 Å². The number of carboxylic acids is 1. The number of aryl methyl sites for hydroxylation is 1. The summed E-state index contributed by atoms with van der Waals surface area (Å²) < 4.78 is 0. The largest absolute Gasteiger partial charge is 0.478 e. The Morgan fingerprint density at radius 1 is 0.906 bits per heavy atom. The van der Waals surface area contributed by atoms with Crippen LogP contribution >= 0.6 is 11.8 Å². The molecule has 1 unspecified atom stereocenters. The van der Waals surface area contributed by atoms with Crippen LogP contribution in [-0.2, 0) is 11.2 Å². The van der Waals surface area contributed by atoms with E-state index in [9.17, 15) is 14.7 Å². The van der Waals surface area contributed by atoms with Crippen LogP contribution in [0.1, 0.15) is 60.5 Å². The van der Waals surface area contributed by atoms with E-state index >= 15 is 0 Å². The molecule has 1 amide bonds. The molecule has 1 atom stereocenters. The number of unbranched alkanes of at least 4 members (excludes halogenated alkanes) is 2. The molecule has 0 radical (unpaired) electrons. The maximum atomic E-state index is 13.0. The summed E-state index contributed by atoms with van der Waals surface area (Å²) in [6.07, 6.45) is 4.69. The zero-order valence-corrected chi connectivity index (χ0v) is 19.3. The first kappa shape index (κ1) is 23.6. The number of carboxylic acid groups (broad SMARTS) is 1. The van der Waals surface area contributed by atoms with Gasteiger partial charge in [0.1, 0.15) is 0 Å². The molecular formula is C27H29NO3S. The zero-order valence-electron chi connectivity index (χ0n) is 18.5. The standard InChI is InChI=1S/C27H29NO3S/c1-3-4-5-10-20-15-17-21(18-16-20)19(2)26(29)28-23-12-7-9-14-25(23)32-24-13-8-6-11-22(24)27(30)31/h6-9,11-19H,3-5,10H2,1-2H3,(H,28,29)(H,30,31). The van der Waals surface area contributed by atoms with Crippen molar-refractivity contribution in [2.45, 2.75) is 55.2 Å². The van der Waals surface area contributed by atoms with Crippen molar-refractivity contribution in [1.29, 1.82) is 0 Å². The van der Waals surface area contributed by atoms with Gasteiger partial charge in [-0.1, -0.05) is 80.1 Å². The smallest absolute Gasteiger partial charge is 0.336 e. The van der Waals surface area contributed by atoms with E-state index in [4.69, 9.17) is 0 Å². The van der Waals surface area contributed by atoms with Gasteiger partial charge in [-0.15, -0.1) is 0 Å². The molecule has 3 rings (SSSR count). The molecule has 5 heteroatoms. The average Bonchev–Trinajstić information content (AvgIpc) is 2.80. The summed E-state index contributed by atoms with van der Waals surface area (Å²) in [5, 5.41) is 12.5. The van der Waals surface area contributed by atoms with Gasteiger partial charge >= 0.3 is 5.97 Å². The Labute approximate surface area is 194 Å². The fourth-order valence-corrected chi connectivity index (χ4v) is 4.48. The van der Waals surface area contributed by atoms with Gasteiger partial charge in [0.05, 0.1) is 17.2 Å². The van der Waals surface area contributed by atoms with Gasteiger partial charge in [0.2, 0.25) is 5.91 Å². The number of para-hydroxylation sites is 1. The van der Waals surface area contributed by atoms with E-state index < -0.39 is 5.97 Å². The third-order valence-electron chi connectivity index (χ3n) is 5.42. The predicted molar refractivity (Wildman–Crippen MR) is 131 cm³/mol. The van der Waals surface area contributed by atoms with Gasteiger partial charge in [-0.05, 0) is 55.2 Å². The first-order valence-electron chi connectivity index (χ1n) is 11.0. The van der Waals surface area contributed by atoms with Gasteiger partial charge in [-0.3, -0.25) is 4.79 Å². The summed E-state index contributed by atoms with van der Waals surface area (Å²) in [4.78, 5) is 25.9. The van der Waals surface area contributed by atoms with Crippen molar-refractivity contribution >= 4 is 29.3 Å². The van der Waals surface area contributed by atoms with E-state index in [-0.39, 0.29) is 17.4 Å². The van der Waals surface area contributed by atoms with Crippen LogP contribution in [0.3, 0.4) is 0 Å². The predicted octanol–water partition coefficient (Wildman–Crippen LogP) is 7.01. The molecule has 2 N–H and O–H groups in total. The normalized spacial score (nSPS) is 11.7. The summed E-state index contributed by atoms with van der Waals surface area (Å²) in [5.74, 6) is -1.37. The summed E-state index contributed by atoms with van der Waals surface area (Å²) in [6, 6.07) is 22.6. The fraction of sp³-hybridized carbons (Fsp3) is 0.259. The number of amides is 1. The number of benzene rings is 3. The van der Waals surface area contributed by atoms with Crippen molar-refractivity contribution in [2.24, 2.45) is 0 Å². The third kappa shape index (κ3) is 6.24. The number of rotatable bonds is 10. The zero-order chi connectivity index (χ0) is 22.9. The van der Waals surface area contributed by atoms with Crippen molar-refractivity contribution in [3.8, 4) is 0 Å². The monoisotopic (exact) mass is 447 g/mol. The molecule has 0 bridgehead atoms. The van der Waals surface area contributed by atoms with Crippen LogP contribution in [0, 0.1) is 0 Å². The molecule has 0 saturated heterocycles. The van der Waals surface area contributed by atoms with Crippen LogP contribution in [0.4, 0.5) is 5.69 Å². The second-order valence-corrected chi connectivity index (χ2v) is 8.89. The Kier molecular flexibility index (Phi) is 8.51. The quantitative estimate of drug-likeness (QED) is 0.328. The van der Waals surface area contributed by atoms with Crippen molar-refractivity contribution in [1.82, 2.24) is 0 Å². The Bertz CT molecular complexity index is 1060. The molecule has 4 nitrogen and oxygen atoms in total. The van der Waals surface area contributed by atoms with Crippen molar-refractivity contribution < 1.29 is 14.7 Å². The second kappa shape index (κ2) is 11.5. The van der Waals surface area contributed by atoms with Gasteiger partial charge in [-0.25, -0.2) is 4.79 Å². The number of anilines is 1. The summed E-state index contributed by atoms with van der Waals surface area (Å²) in [5.41, 5.74) is 3.19.